The number of nitrogens with one attached hydrogen (secondary N) is 2. The molecule has 3 amide bonds. The van der Waals surface area contributed by atoms with Gasteiger partial charge in [0.25, 0.3) is 17.7 Å². The number of carbonyl (C=O) groups excluding carboxylic acids is 4. The maximum Gasteiger partial charge on any atom is 0.325 e. The van der Waals surface area contributed by atoms with Gasteiger partial charge in [0.05, 0.1) is 0 Å². The molecule has 0 spiro atoms. The monoisotopic (exact) mass is 439 g/mol. The second kappa shape index (κ2) is 11.6. The Bertz CT molecular complexity index is 961. The van der Waals surface area contributed by atoms with E-state index in [-0.39, 0.29) is 12.5 Å². The molecule has 2 rings (SSSR count). The number of benzene rings is 2. The van der Waals surface area contributed by atoms with Gasteiger partial charge in [-0.2, -0.15) is 0 Å². The fourth-order valence-corrected chi connectivity index (χ4v) is 3.14. The van der Waals surface area contributed by atoms with Crippen molar-refractivity contribution < 1.29 is 23.9 Å². The lowest BCUT2D eigenvalue weighted by atomic mass is 10.1. The van der Waals surface area contributed by atoms with Gasteiger partial charge < -0.3 is 20.3 Å². The average molecular weight is 440 g/mol. The molecule has 0 atom stereocenters. The van der Waals surface area contributed by atoms with Crippen molar-refractivity contribution in [2.75, 3.05) is 31.6 Å². The first-order valence-corrected chi connectivity index (χ1v) is 10.4. The Hall–Kier alpha value is -3.68. The van der Waals surface area contributed by atoms with Gasteiger partial charge >= 0.3 is 5.97 Å². The Morgan fingerprint density at radius 3 is 2.03 bits per heavy atom. The summed E-state index contributed by atoms with van der Waals surface area (Å²) in [6.07, 6.45) is 0. The van der Waals surface area contributed by atoms with Crippen LogP contribution in [-0.2, 0) is 14.3 Å². The highest BCUT2D eigenvalue weighted by Crippen LogP contribution is 2.12. The first kappa shape index (κ1) is 24.6. The Balaban J connectivity index is 1.78. The minimum Gasteiger partial charge on any atom is -0.454 e. The number of anilines is 1. The van der Waals surface area contributed by atoms with E-state index in [1.54, 1.807) is 41.3 Å². The van der Waals surface area contributed by atoms with Crippen LogP contribution in [0.1, 0.15) is 45.7 Å². The van der Waals surface area contributed by atoms with Crippen LogP contribution in [-0.4, -0.2) is 54.8 Å². The van der Waals surface area contributed by atoms with Crippen LogP contribution in [0.15, 0.2) is 42.5 Å². The maximum absolute atomic E-state index is 12.3. The van der Waals surface area contributed by atoms with Crippen molar-refractivity contribution in [1.82, 2.24) is 10.2 Å². The molecule has 0 aliphatic rings. The molecule has 0 aliphatic heterocycles. The summed E-state index contributed by atoms with van der Waals surface area (Å²) in [5.74, 6) is -1.72. The number of ether oxygens (including phenoxy) is 1. The van der Waals surface area contributed by atoms with Gasteiger partial charge in [-0.1, -0.05) is 17.2 Å². The van der Waals surface area contributed by atoms with Gasteiger partial charge in [0.1, 0.15) is 6.54 Å². The molecule has 0 unspecified atom stereocenters. The fraction of sp³-hybridized carbons (Fsp3) is 0.333. The van der Waals surface area contributed by atoms with Gasteiger partial charge in [-0.15, -0.1) is 0 Å². The van der Waals surface area contributed by atoms with Crippen LogP contribution in [0.25, 0.3) is 0 Å². The predicted molar refractivity (Wildman–Crippen MR) is 122 cm³/mol. The van der Waals surface area contributed by atoms with E-state index >= 15 is 0 Å². The standard InChI is InChI=1S/C24H29N3O5/c1-5-27(6-2)24(31)18-7-9-20(10-8-18)26-21(28)15-32-22(29)14-25-23(30)19-12-16(3)11-17(4)13-19/h7-13H,5-6,14-15H2,1-4H3,(H,25,30)(H,26,28). The summed E-state index contributed by atoms with van der Waals surface area (Å²) in [5, 5.41) is 5.08. The quantitative estimate of drug-likeness (QED) is 0.585. The fourth-order valence-electron chi connectivity index (χ4n) is 3.14. The zero-order chi connectivity index (χ0) is 23.7. The normalized spacial score (nSPS) is 10.2. The molecular formula is C24H29N3O5. The molecular weight excluding hydrogens is 410 g/mol. The summed E-state index contributed by atoms with van der Waals surface area (Å²) in [4.78, 5) is 50.0. The molecule has 32 heavy (non-hydrogen) atoms. The van der Waals surface area contributed by atoms with E-state index in [9.17, 15) is 19.2 Å². The van der Waals surface area contributed by atoms with E-state index in [4.69, 9.17) is 4.74 Å². The Kier molecular flexibility index (Phi) is 8.95. The summed E-state index contributed by atoms with van der Waals surface area (Å²) in [6.45, 7) is 7.98. The molecule has 2 aromatic rings. The van der Waals surface area contributed by atoms with E-state index in [1.807, 2.05) is 33.8 Å². The van der Waals surface area contributed by atoms with Crippen LogP contribution >= 0.6 is 0 Å². The molecule has 2 N–H and O–H groups in total. The molecule has 0 fully saturated rings. The van der Waals surface area contributed by atoms with Gasteiger partial charge in [-0.25, -0.2) is 0 Å². The summed E-state index contributed by atoms with van der Waals surface area (Å²) >= 11 is 0. The minimum atomic E-state index is -0.724. The van der Waals surface area contributed by atoms with Crippen LogP contribution in [0.2, 0.25) is 0 Å². The Morgan fingerprint density at radius 1 is 0.875 bits per heavy atom. The highest BCUT2D eigenvalue weighted by Gasteiger charge is 2.14. The number of hydrogen-bond acceptors (Lipinski definition) is 5. The smallest absolute Gasteiger partial charge is 0.325 e. The summed E-state index contributed by atoms with van der Waals surface area (Å²) in [5.41, 5.74) is 3.35. The van der Waals surface area contributed by atoms with Crippen molar-refractivity contribution in [3.63, 3.8) is 0 Å². The number of hydrogen-bond donors (Lipinski definition) is 2. The third kappa shape index (κ3) is 7.23. The van der Waals surface area contributed by atoms with E-state index in [1.165, 1.54) is 0 Å². The molecule has 8 heteroatoms. The summed E-state index contributed by atoms with van der Waals surface area (Å²) in [6, 6.07) is 11.9. The van der Waals surface area contributed by atoms with Crippen LogP contribution < -0.4 is 10.6 Å². The van der Waals surface area contributed by atoms with Crippen LogP contribution in [0.3, 0.4) is 0 Å². The first-order valence-electron chi connectivity index (χ1n) is 10.4. The third-order valence-electron chi connectivity index (χ3n) is 4.71. The van der Waals surface area contributed by atoms with E-state index < -0.39 is 24.4 Å². The SMILES string of the molecule is CCN(CC)C(=O)c1ccc(NC(=O)COC(=O)CNC(=O)c2cc(C)cc(C)c2)cc1. The summed E-state index contributed by atoms with van der Waals surface area (Å²) < 4.78 is 4.91. The molecule has 170 valence electrons. The van der Waals surface area contributed by atoms with Crippen molar-refractivity contribution in [3.05, 3.63) is 64.7 Å². The first-order chi connectivity index (χ1) is 15.2. The molecule has 8 nitrogen and oxygen atoms in total. The van der Waals surface area contributed by atoms with Crippen LogP contribution in [0.5, 0.6) is 0 Å². The maximum atomic E-state index is 12.3. The highest BCUT2D eigenvalue weighted by molar-refractivity contribution is 5.97. The highest BCUT2D eigenvalue weighted by atomic mass is 16.5. The number of esters is 1. The largest absolute Gasteiger partial charge is 0.454 e. The van der Waals surface area contributed by atoms with Gasteiger partial charge in [0.2, 0.25) is 0 Å². The van der Waals surface area contributed by atoms with Crippen LogP contribution in [0.4, 0.5) is 5.69 Å². The molecule has 0 bridgehead atoms. The van der Waals surface area contributed by atoms with Crippen molar-refractivity contribution in [3.8, 4) is 0 Å². The van der Waals surface area contributed by atoms with Crippen molar-refractivity contribution >= 4 is 29.4 Å². The molecule has 0 aromatic heterocycles. The zero-order valence-corrected chi connectivity index (χ0v) is 18.9. The molecule has 0 saturated heterocycles. The molecule has 0 radical (unpaired) electrons. The van der Waals surface area contributed by atoms with Gasteiger partial charge in [-0.05, 0) is 64.1 Å². The summed E-state index contributed by atoms with van der Waals surface area (Å²) in [7, 11) is 0. The lowest BCUT2D eigenvalue weighted by Crippen LogP contribution is -2.32. The van der Waals surface area contributed by atoms with E-state index in [0.717, 1.165) is 11.1 Å². The second-order valence-corrected chi connectivity index (χ2v) is 7.32. The molecule has 2 aromatic carbocycles. The Morgan fingerprint density at radius 2 is 1.47 bits per heavy atom. The van der Waals surface area contributed by atoms with Gasteiger partial charge in [0, 0.05) is 29.9 Å². The minimum absolute atomic E-state index is 0.0790. The predicted octanol–water partition coefficient (Wildman–Crippen LogP) is 2.70. The van der Waals surface area contributed by atoms with E-state index in [0.29, 0.717) is 29.9 Å². The number of nitrogens with zero attached hydrogens (tertiary/aromatic N) is 1. The molecule has 0 saturated carbocycles. The number of aryl methyl sites for hydroxylation is 2. The topological polar surface area (TPSA) is 105 Å². The molecule has 0 heterocycles. The number of rotatable bonds is 9. The zero-order valence-electron chi connectivity index (χ0n) is 18.9. The average Bonchev–Trinajstić information content (AvgIpc) is 2.76. The third-order valence-corrected chi connectivity index (χ3v) is 4.71. The number of carbonyl (C=O) groups is 4. The van der Waals surface area contributed by atoms with Crippen molar-refractivity contribution in [2.45, 2.75) is 27.7 Å². The lowest BCUT2D eigenvalue weighted by molar-refractivity contribution is -0.146. The second-order valence-electron chi connectivity index (χ2n) is 7.32. The van der Waals surface area contributed by atoms with Gasteiger partial charge in [-0.3, -0.25) is 19.2 Å². The van der Waals surface area contributed by atoms with E-state index in [2.05, 4.69) is 10.6 Å². The number of amides is 3. The van der Waals surface area contributed by atoms with Crippen molar-refractivity contribution in [2.24, 2.45) is 0 Å². The lowest BCUT2D eigenvalue weighted by Gasteiger charge is -2.18. The Labute approximate surface area is 187 Å². The van der Waals surface area contributed by atoms with Crippen LogP contribution in [0, 0.1) is 13.8 Å². The van der Waals surface area contributed by atoms with Crippen molar-refractivity contribution in [1.29, 1.82) is 0 Å². The molecule has 0 aliphatic carbocycles. The van der Waals surface area contributed by atoms with Gasteiger partial charge in [0.15, 0.2) is 6.61 Å².